The number of rotatable bonds is 4. The van der Waals surface area contributed by atoms with E-state index in [1.807, 2.05) is 18.2 Å². The fourth-order valence-electron chi connectivity index (χ4n) is 4.26. The van der Waals surface area contributed by atoms with Gasteiger partial charge in [0.2, 0.25) is 5.91 Å². The first kappa shape index (κ1) is 18.6. The van der Waals surface area contributed by atoms with E-state index in [-0.39, 0.29) is 24.8 Å². The Balaban J connectivity index is 1.26. The molecule has 3 aliphatic rings. The summed E-state index contributed by atoms with van der Waals surface area (Å²) in [6.45, 7) is 3.19. The Morgan fingerprint density at radius 3 is 2.67 bits per heavy atom. The van der Waals surface area contributed by atoms with Crippen LogP contribution < -0.4 is 5.32 Å². The van der Waals surface area contributed by atoms with Gasteiger partial charge in [-0.15, -0.1) is 0 Å². The van der Waals surface area contributed by atoms with Crippen LogP contribution in [0.5, 0.6) is 0 Å². The van der Waals surface area contributed by atoms with Gasteiger partial charge in [-0.05, 0) is 35.3 Å². The Labute approximate surface area is 173 Å². The van der Waals surface area contributed by atoms with Crippen LogP contribution >= 0.6 is 0 Å². The fourth-order valence-corrected chi connectivity index (χ4v) is 4.26. The van der Waals surface area contributed by atoms with Crippen molar-refractivity contribution in [3.8, 4) is 0 Å². The summed E-state index contributed by atoms with van der Waals surface area (Å²) in [5.74, 6) is -0.513. The van der Waals surface area contributed by atoms with Crippen LogP contribution in [0.25, 0.3) is 5.57 Å². The van der Waals surface area contributed by atoms with Gasteiger partial charge in [-0.1, -0.05) is 18.2 Å². The van der Waals surface area contributed by atoms with Gasteiger partial charge in [0.05, 0.1) is 25.6 Å². The van der Waals surface area contributed by atoms with Crippen molar-refractivity contribution >= 4 is 23.4 Å². The van der Waals surface area contributed by atoms with Crippen LogP contribution in [0.15, 0.2) is 47.3 Å². The third-order valence-corrected chi connectivity index (χ3v) is 5.87. The second-order valence-electron chi connectivity index (χ2n) is 7.81. The van der Waals surface area contributed by atoms with E-state index in [9.17, 15) is 14.4 Å². The number of amides is 4. The number of imide groups is 1. The topological polar surface area (TPSA) is 86.1 Å². The molecule has 4 heterocycles. The minimum Gasteiger partial charge on any atom is -0.472 e. The number of nitrogens with zero attached hydrogens (tertiary/aromatic N) is 3. The molecule has 0 atom stereocenters. The molecule has 30 heavy (non-hydrogen) atoms. The average molecular weight is 406 g/mol. The highest BCUT2D eigenvalue weighted by molar-refractivity contribution is 6.01. The van der Waals surface area contributed by atoms with E-state index in [0.717, 1.165) is 42.7 Å². The summed E-state index contributed by atoms with van der Waals surface area (Å²) >= 11 is 0. The van der Waals surface area contributed by atoms with E-state index >= 15 is 0 Å². The zero-order valence-electron chi connectivity index (χ0n) is 16.5. The van der Waals surface area contributed by atoms with Crippen molar-refractivity contribution in [3.05, 3.63) is 65.1 Å². The molecule has 154 valence electrons. The second-order valence-corrected chi connectivity index (χ2v) is 7.81. The molecule has 1 aromatic heterocycles. The zero-order chi connectivity index (χ0) is 20.7. The van der Waals surface area contributed by atoms with E-state index in [2.05, 4.69) is 22.4 Å². The Morgan fingerprint density at radius 1 is 1.03 bits per heavy atom. The lowest BCUT2D eigenvalue weighted by atomic mass is 10.0. The van der Waals surface area contributed by atoms with Crippen LogP contribution in [0.4, 0.5) is 4.79 Å². The molecule has 0 radical (unpaired) electrons. The molecule has 0 unspecified atom stereocenters. The Bertz CT molecular complexity index is 1040. The highest BCUT2D eigenvalue weighted by Gasteiger charge is 2.36. The normalized spacial score (nSPS) is 19.7. The molecule has 4 amide bonds. The third kappa shape index (κ3) is 3.39. The van der Waals surface area contributed by atoms with Crippen LogP contribution in [-0.2, 0) is 17.9 Å². The minimum absolute atomic E-state index is 0.195. The van der Waals surface area contributed by atoms with Crippen molar-refractivity contribution in [2.24, 2.45) is 0 Å². The summed E-state index contributed by atoms with van der Waals surface area (Å²) in [6, 6.07) is 7.33. The van der Waals surface area contributed by atoms with Crippen LogP contribution in [0.1, 0.15) is 39.9 Å². The molecule has 1 fully saturated rings. The Kier molecular flexibility index (Phi) is 4.63. The smallest absolute Gasteiger partial charge is 0.342 e. The largest absolute Gasteiger partial charge is 0.472 e. The van der Waals surface area contributed by atoms with Crippen molar-refractivity contribution in [1.82, 2.24) is 20.2 Å². The molecule has 0 aliphatic carbocycles. The number of hydrazine groups is 1. The highest BCUT2D eigenvalue weighted by atomic mass is 16.3. The standard InChI is InChI=1S/C22H22N4O4/c27-20-5-9-25(22(29)23-20)26-13-18-11-15(1-2-19(18)21(26)28)12-24-7-3-16(4-8-24)17-6-10-30-14-17/h1-3,6,10-11,14H,4-5,7-9,12-13H2,(H,23,27,29). The average Bonchev–Trinajstić information content (AvgIpc) is 3.37. The molecule has 1 N–H and O–H groups in total. The summed E-state index contributed by atoms with van der Waals surface area (Å²) in [7, 11) is 0. The molecule has 2 aromatic rings. The molecule has 0 spiro atoms. The first-order valence-corrected chi connectivity index (χ1v) is 10.1. The summed E-state index contributed by atoms with van der Waals surface area (Å²) < 4.78 is 5.17. The fraction of sp³-hybridized carbons (Fsp3) is 0.318. The number of urea groups is 1. The predicted molar refractivity (Wildman–Crippen MR) is 108 cm³/mol. The maximum Gasteiger partial charge on any atom is 0.342 e. The van der Waals surface area contributed by atoms with Gasteiger partial charge in [-0.25, -0.2) is 14.8 Å². The quantitative estimate of drug-likeness (QED) is 0.843. The van der Waals surface area contributed by atoms with Crippen LogP contribution in [-0.4, -0.2) is 52.4 Å². The van der Waals surface area contributed by atoms with Gasteiger partial charge in [0.1, 0.15) is 0 Å². The summed E-state index contributed by atoms with van der Waals surface area (Å²) in [4.78, 5) is 38.6. The van der Waals surface area contributed by atoms with Gasteiger partial charge in [-0.2, -0.15) is 0 Å². The molecule has 1 saturated heterocycles. The monoisotopic (exact) mass is 406 g/mol. The third-order valence-electron chi connectivity index (χ3n) is 5.87. The Morgan fingerprint density at radius 2 is 1.93 bits per heavy atom. The number of fused-ring (bicyclic) bond motifs is 1. The minimum atomic E-state index is -0.541. The lowest BCUT2D eigenvalue weighted by molar-refractivity contribution is -0.123. The number of carbonyl (C=O) groups excluding carboxylic acids is 3. The van der Waals surface area contributed by atoms with Crippen molar-refractivity contribution in [3.63, 3.8) is 0 Å². The highest BCUT2D eigenvalue weighted by Crippen LogP contribution is 2.28. The number of furan rings is 1. The van der Waals surface area contributed by atoms with Crippen molar-refractivity contribution in [1.29, 1.82) is 0 Å². The maximum absolute atomic E-state index is 12.8. The van der Waals surface area contributed by atoms with Gasteiger partial charge in [0.25, 0.3) is 5.91 Å². The van der Waals surface area contributed by atoms with E-state index in [4.69, 9.17) is 4.42 Å². The molecule has 0 saturated carbocycles. The lowest BCUT2D eigenvalue weighted by Gasteiger charge is -2.33. The number of hydrogen-bond acceptors (Lipinski definition) is 5. The maximum atomic E-state index is 12.8. The number of nitrogens with one attached hydrogen (secondary N) is 1. The molecule has 3 aliphatic heterocycles. The summed E-state index contributed by atoms with van der Waals surface area (Å²) in [5, 5.41) is 5.03. The second kappa shape index (κ2) is 7.46. The molecular weight excluding hydrogens is 384 g/mol. The lowest BCUT2D eigenvalue weighted by Crippen LogP contribution is -2.56. The van der Waals surface area contributed by atoms with Gasteiger partial charge in [0.15, 0.2) is 0 Å². The Hall–Kier alpha value is -3.39. The van der Waals surface area contributed by atoms with E-state index in [1.54, 1.807) is 12.5 Å². The van der Waals surface area contributed by atoms with E-state index in [0.29, 0.717) is 12.1 Å². The summed E-state index contributed by atoms with van der Waals surface area (Å²) in [5.41, 5.74) is 5.13. The predicted octanol–water partition coefficient (Wildman–Crippen LogP) is 2.38. The molecular formula is C22H22N4O4. The summed E-state index contributed by atoms with van der Waals surface area (Å²) in [6.07, 6.45) is 6.88. The first-order chi connectivity index (χ1) is 14.6. The molecule has 5 rings (SSSR count). The molecule has 1 aromatic carbocycles. The van der Waals surface area contributed by atoms with Crippen LogP contribution in [0.2, 0.25) is 0 Å². The van der Waals surface area contributed by atoms with Gasteiger partial charge < -0.3 is 4.42 Å². The van der Waals surface area contributed by atoms with Crippen molar-refractivity contribution < 1.29 is 18.8 Å². The van der Waals surface area contributed by atoms with Crippen molar-refractivity contribution in [2.75, 3.05) is 19.6 Å². The van der Waals surface area contributed by atoms with E-state index in [1.165, 1.54) is 15.6 Å². The van der Waals surface area contributed by atoms with Crippen molar-refractivity contribution in [2.45, 2.75) is 25.9 Å². The van der Waals surface area contributed by atoms with Crippen LogP contribution in [0, 0.1) is 0 Å². The molecule has 0 bridgehead atoms. The number of benzene rings is 1. The van der Waals surface area contributed by atoms with Gasteiger partial charge in [0, 0.05) is 37.2 Å². The molecule has 8 nitrogen and oxygen atoms in total. The van der Waals surface area contributed by atoms with Gasteiger partial charge in [-0.3, -0.25) is 19.8 Å². The molecule has 8 heteroatoms. The SMILES string of the molecule is O=C1CCN(N2Cc3cc(CN4CC=C(c5ccoc5)CC4)ccc3C2=O)C(=O)N1. The number of hydrogen-bond donors (Lipinski definition) is 1. The van der Waals surface area contributed by atoms with E-state index < -0.39 is 6.03 Å². The zero-order valence-corrected chi connectivity index (χ0v) is 16.5. The number of carbonyl (C=O) groups is 3. The van der Waals surface area contributed by atoms with Crippen LogP contribution in [0.3, 0.4) is 0 Å². The van der Waals surface area contributed by atoms with Gasteiger partial charge >= 0.3 is 6.03 Å². The first-order valence-electron chi connectivity index (χ1n) is 10.1.